The lowest BCUT2D eigenvalue weighted by Gasteiger charge is -2.30. The third-order valence-corrected chi connectivity index (χ3v) is 2.84. The zero-order valence-corrected chi connectivity index (χ0v) is 11.2. The molecule has 2 heteroatoms. The van der Waals surface area contributed by atoms with Gasteiger partial charge in [0.05, 0.1) is 0 Å². The molecular formula is C15H22NO. The monoisotopic (exact) mass is 232 g/mol. The lowest BCUT2D eigenvalue weighted by molar-refractivity contribution is 0.0644. The molecule has 0 aliphatic heterocycles. The van der Waals surface area contributed by atoms with Gasteiger partial charge in [-0.3, -0.25) is 4.79 Å². The Morgan fingerprint density at radius 1 is 1.12 bits per heavy atom. The van der Waals surface area contributed by atoms with Crippen LogP contribution in [0.4, 0.5) is 0 Å². The van der Waals surface area contributed by atoms with Crippen molar-refractivity contribution in [3.8, 4) is 0 Å². The minimum Gasteiger partial charge on any atom is -0.334 e. The Labute approximate surface area is 105 Å². The lowest BCUT2D eigenvalue weighted by Crippen LogP contribution is -2.42. The van der Waals surface area contributed by atoms with Gasteiger partial charge < -0.3 is 4.90 Å². The normalized spacial score (nSPS) is 11.0. The molecule has 1 rings (SSSR count). The average molecular weight is 232 g/mol. The summed E-state index contributed by atoms with van der Waals surface area (Å²) in [7, 11) is 0. The molecule has 1 amide bonds. The van der Waals surface area contributed by atoms with Crippen molar-refractivity contribution >= 4 is 5.91 Å². The molecule has 0 unspecified atom stereocenters. The summed E-state index contributed by atoms with van der Waals surface area (Å²) < 4.78 is 0. The first-order valence-corrected chi connectivity index (χ1v) is 6.18. The van der Waals surface area contributed by atoms with Gasteiger partial charge in [0.1, 0.15) is 0 Å². The van der Waals surface area contributed by atoms with Crippen molar-refractivity contribution in [1.29, 1.82) is 0 Å². The molecule has 0 saturated carbocycles. The van der Waals surface area contributed by atoms with E-state index < -0.39 is 0 Å². The molecule has 0 saturated heterocycles. The number of carbonyl (C=O) groups excluding carboxylic acids is 1. The SMILES string of the molecule is [CH2]Cc1ccc(C(=O)N(C(C)C)C(C)C)cc1. The molecule has 2 nitrogen and oxygen atoms in total. The minimum atomic E-state index is 0.102. The van der Waals surface area contributed by atoms with Crippen molar-refractivity contribution < 1.29 is 4.79 Å². The smallest absolute Gasteiger partial charge is 0.254 e. The highest BCUT2D eigenvalue weighted by Gasteiger charge is 2.21. The maximum atomic E-state index is 12.3. The van der Waals surface area contributed by atoms with Crippen molar-refractivity contribution in [3.05, 3.63) is 42.3 Å². The van der Waals surface area contributed by atoms with Crippen LogP contribution < -0.4 is 0 Å². The first-order chi connectivity index (χ1) is 7.97. The molecule has 0 bridgehead atoms. The molecule has 0 fully saturated rings. The van der Waals surface area contributed by atoms with E-state index in [-0.39, 0.29) is 18.0 Å². The Morgan fingerprint density at radius 2 is 1.59 bits per heavy atom. The molecule has 0 heterocycles. The number of rotatable bonds is 4. The number of nitrogens with zero attached hydrogens (tertiary/aromatic N) is 1. The number of hydrogen-bond donors (Lipinski definition) is 0. The van der Waals surface area contributed by atoms with Gasteiger partial charge in [-0.15, -0.1) is 0 Å². The van der Waals surface area contributed by atoms with Gasteiger partial charge >= 0.3 is 0 Å². The van der Waals surface area contributed by atoms with E-state index in [1.165, 1.54) is 0 Å². The molecule has 0 atom stereocenters. The Hall–Kier alpha value is -1.31. The number of hydrogen-bond acceptors (Lipinski definition) is 1. The van der Waals surface area contributed by atoms with E-state index in [0.29, 0.717) is 0 Å². The van der Waals surface area contributed by atoms with Gasteiger partial charge in [0.2, 0.25) is 0 Å². The largest absolute Gasteiger partial charge is 0.334 e. The summed E-state index contributed by atoms with van der Waals surface area (Å²) in [6, 6.07) is 8.16. The number of carbonyl (C=O) groups is 1. The number of benzene rings is 1. The lowest BCUT2D eigenvalue weighted by atomic mass is 10.1. The van der Waals surface area contributed by atoms with Crippen molar-refractivity contribution in [3.63, 3.8) is 0 Å². The van der Waals surface area contributed by atoms with Crippen LogP contribution in [0.3, 0.4) is 0 Å². The molecular weight excluding hydrogens is 210 g/mol. The molecule has 0 aromatic heterocycles. The van der Waals surface area contributed by atoms with Gasteiger partial charge in [-0.25, -0.2) is 0 Å². The highest BCUT2D eigenvalue weighted by atomic mass is 16.2. The predicted octanol–water partition coefficient (Wildman–Crippen LogP) is 3.32. The predicted molar refractivity (Wildman–Crippen MR) is 71.9 cm³/mol. The summed E-state index contributed by atoms with van der Waals surface area (Å²) >= 11 is 0. The third kappa shape index (κ3) is 3.32. The van der Waals surface area contributed by atoms with Gasteiger partial charge in [-0.1, -0.05) is 12.1 Å². The van der Waals surface area contributed by atoms with E-state index in [1.807, 2.05) is 56.9 Å². The molecule has 1 aromatic carbocycles. The molecule has 1 radical (unpaired) electrons. The van der Waals surface area contributed by atoms with E-state index in [2.05, 4.69) is 6.92 Å². The van der Waals surface area contributed by atoms with Crippen LogP contribution in [0, 0.1) is 6.92 Å². The van der Waals surface area contributed by atoms with Crippen molar-refractivity contribution in [2.75, 3.05) is 0 Å². The standard InChI is InChI=1S/C15H22NO/c1-6-13-7-9-14(10-8-13)15(17)16(11(2)3)12(4)5/h7-12H,1,6H2,2-5H3. The zero-order valence-electron chi connectivity index (χ0n) is 11.2. The summed E-state index contributed by atoms with van der Waals surface area (Å²) in [5.74, 6) is 0.102. The van der Waals surface area contributed by atoms with Gasteiger partial charge in [-0.05, 0) is 58.7 Å². The molecule has 17 heavy (non-hydrogen) atoms. The minimum absolute atomic E-state index is 0.102. The van der Waals surface area contributed by atoms with Gasteiger partial charge in [0.25, 0.3) is 5.91 Å². The Kier molecular flexibility index (Phi) is 4.73. The second-order valence-corrected chi connectivity index (χ2v) is 4.85. The van der Waals surface area contributed by atoms with Crippen molar-refractivity contribution in [1.82, 2.24) is 4.90 Å². The molecule has 93 valence electrons. The highest BCUT2D eigenvalue weighted by molar-refractivity contribution is 5.94. The van der Waals surface area contributed by atoms with Gasteiger partial charge in [0.15, 0.2) is 0 Å². The highest BCUT2D eigenvalue weighted by Crippen LogP contribution is 2.13. The third-order valence-electron chi connectivity index (χ3n) is 2.84. The topological polar surface area (TPSA) is 20.3 Å². The zero-order chi connectivity index (χ0) is 13.0. The van der Waals surface area contributed by atoms with Crippen molar-refractivity contribution in [2.24, 2.45) is 0 Å². The summed E-state index contributed by atoms with van der Waals surface area (Å²) in [6.07, 6.45) is 0.756. The van der Waals surface area contributed by atoms with Crippen LogP contribution in [0.25, 0.3) is 0 Å². The van der Waals surface area contributed by atoms with Crippen LogP contribution in [-0.4, -0.2) is 22.9 Å². The first-order valence-electron chi connectivity index (χ1n) is 6.18. The summed E-state index contributed by atoms with van der Waals surface area (Å²) in [4.78, 5) is 14.2. The van der Waals surface area contributed by atoms with E-state index in [0.717, 1.165) is 17.5 Å². The maximum absolute atomic E-state index is 12.3. The van der Waals surface area contributed by atoms with Crippen LogP contribution in [0.5, 0.6) is 0 Å². The first kappa shape index (κ1) is 13.8. The van der Waals surface area contributed by atoms with E-state index in [4.69, 9.17) is 0 Å². The molecule has 0 aliphatic carbocycles. The fourth-order valence-electron chi connectivity index (χ4n) is 2.03. The fraction of sp³-hybridized carbons (Fsp3) is 0.467. The summed E-state index contributed by atoms with van der Waals surface area (Å²) in [5, 5.41) is 0. The number of amides is 1. The fourth-order valence-corrected chi connectivity index (χ4v) is 2.03. The van der Waals surface area contributed by atoms with Crippen LogP contribution in [0.2, 0.25) is 0 Å². The Morgan fingerprint density at radius 3 is 1.94 bits per heavy atom. The van der Waals surface area contributed by atoms with Gasteiger partial charge in [-0.2, -0.15) is 0 Å². The second kappa shape index (κ2) is 5.85. The van der Waals surface area contributed by atoms with Gasteiger partial charge in [0, 0.05) is 17.6 Å². The Bertz CT molecular complexity index is 357. The maximum Gasteiger partial charge on any atom is 0.254 e. The molecule has 0 N–H and O–H groups in total. The molecule has 1 aromatic rings. The summed E-state index contributed by atoms with van der Waals surface area (Å²) in [5.41, 5.74) is 1.91. The average Bonchev–Trinajstić information content (AvgIpc) is 2.28. The van der Waals surface area contributed by atoms with Crippen LogP contribution in [0.15, 0.2) is 24.3 Å². The van der Waals surface area contributed by atoms with Crippen LogP contribution >= 0.6 is 0 Å². The quantitative estimate of drug-likeness (QED) is 0.780. The van der Waals surface area contributed by atoms with Crippen LogP contribution in [0.1, 0.15) is 43.6 Å². The Balaban J connectivity index is 2.93. The van der Waals surface area contributed by atoms with Crippen LogP contribution in [-0.2, 0) is 6.42 Å². The second-order valence-electron chi connectivity index (χ2n) is 4.85. The van der Waals surface area contributed by atoms with E-state index >= 15 is 0 Å². The molecule has 0 aliphatic rings. The van der Waals surface area contributed by atoms with E-state index in [9.17, 15) is 4.79 Å². The van der Waals surface area contributed by atoms with Crippen molar-refractivity contribution in [2.45, 2.75) is 46.2 Å². The summed E-state index contributed by atoms with van der Waals surface area (Å²) in [6.45, 7) is 12.0. The van der Waals surface area contributed by atoms with E-state index in [1.54, 1.807) is 0 Å². The molecule has 0 spiro atoms.